The number of rotatable bonds is 6. The van der Waals surface area contributed by atoms with Gasteiger partial charge in [0.05, 0.1) is 13.4 Å². The number of hydrogen-bond donors (Lipinski definition) is 1. The van der Waals surface area contributed by atoms with Crippen molar-refractivity contribution in [2.24, 2.45) is 5.10 Å². The molecule has 0 aliphatic heterocycles. The molecule has 0 heterocycles. The van der Waals surface area contributed by atoms with Crippen LogP contribution in [0, 0.1) is 7.14 Å². The fourth-order valence-electron chi connectivity index (χ4n) is 3.21. The van der Waals surface area contributed by atoms with E-state index in [0.29, 0.717) is 17.2 Å². The number of benzene rings is 4. The number of fused-ring (bicyclic) bond motifs is 1. The normalized spacial score (nSPS) is 11.1. The number of hydrogen-bond acceptors (Lipinski definition) is 3. The van der Waals surface area contributed by atoms with E-state index in [2.05, 4.69) is 55.7 Å². The molecule has 4 aromatic rings. The van der Waals surface area contributed by atoms with Crippen LogP contribution in [0.1, 0.15) is 21.5 Å². The Morgan fingerprint density at radius 1 is 0.969 bits per heavy atom. The summed E-state index contributed by atoms with van der Waals surface area (Å²) in [7, 11) is 0. The first-order valence-electron chi connectivity index (χ1n) is 9.69. The number of carbonyl (C=O) groups excluding carboxylic acids is 1. The quantitative estimate of drug-likeness (QED) is 0.136. The molecule has 0 fully saturated rings. The van der Waals surface area contributed by atoms with Crippen LogP contribution in [0.25, 0.3) is 10.8 Å². The third-order valence-corrected chi connectivity index (χ3v) is 6.74. The van der Waals surface area contributed by atoms with Crippen molar-refractivity contribution in [3.8, 4) is 5.75 Å². The summed E-state index contributed by atoms with van der Waals surface area (Å²) in [6.07, 6.45) is 1.63. The van der Waals surface area contributed by atoms with E-state index >= 15 is 0 Å². The Morgan fingerprint density at radius 3 is 2.44 bits per heavy atom. The Bertz CT molecular complexity index is 1300. The molecule has 0 radical (unpaired) electrons. The summed E-state index contributed by atoms with van der Waals surface area (Å²) < 4.78 is 7.91. The van der Waals surface area contributed by atoms with E-state index in [9.17, 15) is 4.79 Å². The van der Waals surface area contributed by atoms with Crippen LogP contribution in [0.3, 0.4) is 0 Å². The zero-order valence-electron chi connectivity index (χ0n) is 16.7. The van der Waals surface area contributed by atoms with Crippen LogP contribution in [-0.4, -0.2) is 12.1 Å². The van der Waals surface area contributed by atoms with Crippen molar-refractivity contribution in [3.63, 3.8) is 0 Å². The van der Waals surface area contributed by atoms with Crippen LogP contribution in [0.4, 0.5) is 0 Å². The van der Waals surface area contributed by atoms with Gasteiger partial charge in [-0.05, 0) is 85.8 Å². The van der Waals surface area contributed by atoms with Crippen LogP contribution in [0.2, 0.25) is 5.02 Å². The summed E-state index contributed by atoms with van der Waals surface area (Å²) in [5.74, 6) is 0.546. The lowest BCUT2D eigenvalue weighted by Gasteiger charge is -2.12. The predicted octanol–water partition coefficient (Wildman–Crippen LogP) is 7.05. The number of carbonyl (C=O) groups is 1. The van der Waals surface area contributed by atoms with E-state index in [0.717, 1.165) is 34.8 Å². The van der Waals surface area contributed by atoms with Gasteiger partial charge < -0.3 is 4.74 Å². The largest absolute Gasteiger partial charge is 0.487 e. The van der Waals surface area contributed by atoms with E-state index in [1.807, 2.05) is 72.8 Å². The van der Waals surface area contributed by atoms with E-state index in [1.165, 1.54) is 0 Å². The predicted molar refractivity (Wildman–Crippen MR) is 147 cm³/mol. The van der Waals surface area contributed by atoms with E-state index < -0.39 is 0 Å². The van der Waals surface area contributed by atoms with Gasteiger partial charge in [0.1, 0.15) is 12.4 Å². The van der Waals surface area contributed by atoms with Gasteiger partial charge in [-0.2, -0.15) is 5.10 Å². The number of nitrogens with one attached hydrogen (secondary N) is 1. The third kappa shape index (κ3) is 5.41. The highest BCUT2D eigenvalue weighted by Crippen LogP contribution is 2.30. The highest BCUT2D eigenvalue weighted by Gasteiger charge is 2.11. The van der Waals surface area contributed by atoms with Gasteiger partial charge in [-0.15, -0.1) is 0 Å². The number of amides is 1. The fraction of sp³-hybridized carbons (Fsp3) is 0.0400. The van der Waals surface area contributed by atoms with Crippen molar-refractivity contribution in [1.82, 2.24) is 5.43 Å². The Kier molecular flexibility index (Phi) is 7.64. The molecule has 0 aliphatic rings. The lowest BCUT2D eigenvalue weighted by molar-refractivity contribution is 0.0957. The van der Waals surface area contributed by atoms with Crippen LogP contribution in [-0.2, 0) is 6.61 Å². The van der Waals surface area contributed by atoms with Crippen molar-refractivity contribution >= 4 is 79.7 Å². The molecule has 0 unspecified atom stereocenters. The Balaban J connectivity index is 1.45. The smallest absolute Gasteiger partial charge is 0.271 e. The van der Waals surface area contributed by atoms with Crippen molar-refractivity contribution in [2.45, 2.75) is 6.61 Å². The minimum atomic E-state index is -0.248. The Morgan fingerprint density at radius 2 is 1.66 bits per heavy atom. The summed E-state index contributed by atoms with van der Waals surface area (Å²) in [6.45, 7) is 0.389. The summed E-state index contributed by atoms with van der Waals surface area (Å²) in [6, 6.07) is 25.0. The van der Waals surface area contributed by atoms with Crippen molar-refractivity contribution in [3.05, 3.63) is 108 Å². The zero-order chi connectivity index (χ0) is 22.5. The van der Waals surface area contributed by atoms with Crippen molar-refractivity contribution < 1.29 is 9.53 Å². The van der Waals surface area contributed by atoms with Crippen LogP contribution in [0.5, 0.6) is 5.75 Å². The lowest BCUT2D eigenvalue weighted by atomic mass is 10.0. The second-order valence-electron chi connectivity index (χ2n) is 6.92. The molecular formula is C25H17ClI2N2O2. The second kappa shape index (κ2) is 10.6. The highest BCUT2D eigenvalue weighted by molar-refractivity contribution is 14.1. The molecule has 0 bridgehead atoms. The molecule has 7 heteroatoms. The summed E-state index contributed by atoms with van der Waals surface area (Å²) in [5.41, 5.74) is 5.01. The number of halogens is 3. The SMILES string of the molecule is O=C(N/N=C/c1cc(I)c(OCc2ccccc2Cl)c(I)c1)c1cccc2ccccc12. The molecule has 160 valence electrons. The molecule has 0 aliphatic carbocycles. The first kappa shape index (κ1) is 23.0. The molecule has 0 spiro atoms. The molecule has 0 atom stereocenters. The minimum Gasteiger partial charge on any atom is -0.487 e. The highest BCUT2D eigenvalue weighted by atomic mass is 127. The van der Waals surface area contributed by atoms with Crippen LogP contribution >= 0.6 is 56.8 Å². The Labute approximate surface area is 218 Å². The molecule has 1 amide bonds. The minimum absolute atomic E-state index is 0.248. The summed E-state index contributed by atoms with van der Waals surface area (Å²) >= 11 is 10.7. The average Bonchev–Trinajstić information content (AvgIpc) is 2.79. The number of hydrazone groups is 1. The van der Waals surface area contributed by atoms with E-state index in [-0.39, 0.29) is 5.91 Å². The van der Waals surface area contributed by atoms with Gasteiger partial charge in [0.15, 0.2) is 0 Å². The summed E-state index contributed by atoms with van der Waals surface area (Å²) in [5, 5.41) is 6.75. The maximum absolute atomic E-state index is 12.6. The molecule has 0 saturated heterocycles. The first-order chi connectivity index (χ1) is 15.5. The van der Waals surface area contributed by atoms with E-state index in [4.69, 9.17) is 16.3 Å². The van der Waals surface area contributed by atoms with Crippen LogP contribution in [0.15, 0.2) is 84.0 Å². The molecule has 4 nitrogen and oxygen atoms in total. The van der Waals surface area contributed by atoms with Gasteiger partial charge in [0, 0.05) is 16.1 Å². The third-order valence-electron chi connectivity index (χ3n) is 4.76. The molecule has 1 N–H and O–H groups in total. The summed E-state index contributed by atoms with van der Waals surface area (Å²) in [4.78, 5) is 12.6. The molecule has 32 heavy (non-hydrogen) atoms. The number of ether oxygens (including phenoxy) is 1. The van der Waals surface area contributed by atoms with E-state index in [1.54, 1.807) is 12.3 Å². The second-order valence-corrected chi connectivity index (χ2v) is 9.65. The van der Waals surface area contributed by atoms with Gasteiger partial charge in [-0.25, -0.2) is 5.43 Å². The van der Waals surface area contributed by atoms with Crippen LogP contribution < -0.4 is 10.2 Å². The number of nitrogens with zero attached hydrogens (tertiary/aromatic N) is 1. The van der Waals surface area contributed by atoms with Gasteiger partial charge in [-0.3, -0.25) is 4.79 Å². The van der Waals surface area contributed by atoms with Crippen molar-refractivity contribution in [2.75, 3.05) is 0 Å². The van der Waals surface area contributed by atoms with Gasteiger partial charge >= 0.3 is 0 Å². The first-order valence-corrected chi connectivity index (χ1v) is 12.2. The lowest BCUT2D eigenvalue weighted by Crippen LogP contribution is -2.18. The molecule has 0 aromatic heterocycles. The molecule has 0 saturated carbocycles. The molecular weight excluding hydrogens is 650 g/mol. The van der Waals surface area contributed by atoms with Crippen molar-refractivity contribution in [1.29, 1.82) is 0 Å². The topological polar surface area (TPSA) is 50.7 Å². The average molecular weight is 667 g/mol. The zero-order valence-corrected chi connectivity index (χ0v) is 21.8. The maximum Gasteiger partial charge on any atom is 0.271 e. The maximum atomic E-state index is 12.6. The van der Waals surface area contributed by atoms with Gasteiger partial charge in [-0.1, -0.05) is 66.2 Å². The fourth-order valence-corrected chi connectivity index (χ4v) is 5.52. The standard InChI is InChI=1S/C25H17ClI2N2O2/c26-21-11-4-2-7-18(21)15-32-24-22(27)12-16(13-23(24)28)14-29-30-25(31)20-10-5-8-17-6-1-3-9-19(17)20/h1-14H,15H2,(H,30,31)/b29-14+. The monoisotopic (exact) mass is 666 g/mol. The van der Waals surface area contributed by atoms with Gasteiger partial charge in [0.25, 0.3) is 5.91 Å². The Hall–Kier alpha value is -2.17. The van der Waals surface area contributed by atoms with Gasteiger partial charge in [0.2, 0.25) is 0 Å². The molecule has 4 aromatic carbocycles. The molecule has 4 rings (SSSR count).